The number of aliphatic hydroxyl groups is 1. The Bertz CT molecular complexity index is 1250. The molecule has 2 aliphatic heterocycles. The summed E-state index contributed by atoms with van der Waals surface area (Å²) in [7, 11) is 0. The van der Waals surface area contributed by atoms with Crippen LogP contribution in [0.2, 0.25) is 0 Å². The number of aromatic nitrogens is 2. The molecule has 6 nitrogen and oxygen atoms in total. The molecular formula is C30H37N5O. The molecule has 3 heterocycles. The highest BCUT2D eigenvalue weighted by molar-refractivity contribution is 5.65. The van der Waals surface area contributed by atoms with Crippen molar-refractivity contribution >= 4 is 5.69 Å². The average Bonchev–Trinajstić information content (AvgIpc) is 3.53. The summed E-state index contributed by atoms with van der Waals surface area (Å²) >= 11 is 0. The van der Waals surface area contributed by atoms with Gasteiger partial charge in [-0.05, 0) is 41.5 Å². The molecule has 1 spiro atoms. The van der Waals surface area contributed by atoms with Crippen LogP contribution in [0.1, 0.15) is 85.3 Å². The molecule has 3 N–H and O–H groups in total. The molecule has 188 valence electrons. The van der Waals surface area contributed by atoms with E-state index >= 15 is 0 Å². The Hall–Kier alpha value is -2.80. The molecule has 0 amide bonds. The van der Waals surface area contributed by atoms with E-state index in [2.05, 4.69) is 89.8 Å². The van der Waals surface area contributed by atoms with Crippen LogP contribution < -0.4 is 10.6 Å². The molecule has 4 atom stereocenters. The number of benzene rings is 2. The van der Waals surface area contributed by atoms with Crippen molar-refractivity contribution in [2.45, 2.75) is 76.2 Å². The van der Waals surface area contributed by atoms with E-state index < -0.39 is 6.10 Å². The van der Waals surface area contributed by atoms with E-state index in [0.717, 1.165) is 50.4 Å². The largest absolute Gasteiger partial charge is 0.387 e. The molecule has 1 aliphatic carbocycles. The van der Waals surface area contributed by atoms with Crippen molar-refractivity contribution in [2.24, 2.45) is 0 Å². The van der Waals surface area contributed by atoms with Crippen LogP contribution in [0.4, 0.5) is 5.69 Å². The Kier molecular flexibility index (Phi) is 6.06. The first-order valence-electron chi connectivity index (χ1n) is 13.4. The molecule has 3 aromatic rings. The quantitative estimate of drug-likeness (QED) is 0.467. The fraction of sp³-hybridized carbons (Fsp3) is 0.467. The topological polar surface area (TPSA) is 73.3 Å². The van der Waals surface area contributed by atoms with Crippen molar-refractivity contribution in [1.82, 2.24) is 20.2 Å². The number of fused-ring (bicyclic) bond motifs is 3. The summed E-state index contributed by atoms with van der Waals surface area (Å²) < 4.78 is 0. The van der Waals surface area contributed by atoms with Gasteiger partial charge in [-0.25, -0.2) is 9.97 Å². The molecule has 1 fully saturated rings. The number of hydrogen-bond donors (Lipinski definition) is 3. The van der Waals surface area contributed by atoms with Crippen molar-refractivity contribution in [3.63, 3.8) is 0 Å². The number of rotatable bonds is 6. The minimum atomic E-state index is -0.503. The van der Waals surface area contributed by atoms with E-state index in [1.54, 1.807) is 6.33 Å². The maximum absolute atomic E-state index is 10.8. The lowest BCUT2D eigenvalue weighted by Crippen LogP contribution is -2.39. The van der Waals surface area contributed by atoms with Gasteiger partial charge in [0.2, 0.25) is 0 Å². The lowest BCUT2D eigenvalue weighted by Gasteiger charge is -2.37. The average molecular weight is 484 g/mol. The summed E-state index contributed by atoms with van der Waals surface area (Å²) in [6.45, 7) is 10.2. The zero-order valence-corrected chi connectivity index (χ0v) is 21.5. The van der Waals surface area contributed by atoms with Crippen LogP contribution in [-0.2, 0) is 18.5 Å². The summed E-state index contributed by atoms with van der Waals surface area (Å²) in [4.78, 5) is 12.2. The molecule has 6 rings (SSSR count). The number of nitrogens with one attached hydrogen (secondary N) is 2. The van der Waals surface area contributed by atoms with Crippen molar-refractivity contribution in [2.75, 3.05) is 18.4 Å². The van der Waals surface area contributed by atoms with Crippen LogP contribution in [0.3, 0.4) is 0 Å². The summed E-state index contributed by atoms with van der Waals surface area (Å²) in [5.41, 5.74) is 8.40. The predicted octanol–water partition coefficient (Wildman–Crippen LogP) is 4.83. The highest BCUT2D eigenvalue weighted by Gasteiger charge is 2.55. The fourth-order valence-electron chi connectivity index (χ4n) is 6.94. The molecule has 0 radical (unpaired) electrons. The summed E-state index contributed by atoms with van der Waals surface area (Å²) in [5.74, 6) is 0.245. The second-order valence-electron chi connectivity index (χ2n) is 11.2. The molecule has 6 heteroatoms. The van der Waals surface area contributed by atoms with Crippen molar-refractivity contribution < 1.29 is 5.11 Å². The number of nitrogens with zero attached hydrogens (tertiary/aromatic N) is 3. The Morgan fingerprint density at radius 2 is 1.92 bits per heavy atom. The Balaban J connectivity index is 1.50. The van der Waals surface area contributed by atoms with Gasteiger partial charge >= 0.3 is 0 Å². The molecule has 1 aromatic heterocycles. The fourth-order valence-corrected chi connectivity index (χ4v) is 6.94. The number of likely N-dealkylation sites (tertiary alicyclic amines) is 1. The van der Waals surface area contributed by atoms with Crippen LogP contribution in [-0.4, -0.2) is 39.1 Å². The van der Waals surface area contributed by atoms with E-state index in [4.69, 9.17) is 4.98 Å². The van der Waals surface area contributed by atoms with Crippen LogP contribution in [0.15, 0.2) is 54.9 Å². The first kappa shape index (κ1) is 23.6. The smallest absolute Gasteiger partial charge is 0.116 e. The second-order valence-corrected chi connectivity index (χ2v) is 11.2. The highest BCUT2D eigenvalue weighted by atomic mass is 16.3. The van der Waals surface area contributed by atoms with Gasteiger partial charge in [0.1, 0.15) is 6.33 Å². The second kappa shape index (κ2) is 9.25. The van der Waals surface area contributed by atoms with E-state index in [0.29, 0.717) is 6.04 Å². The van der Waals surface area contributed by atoms with Gasteiger partial charge in [0.25, 0.3) is 0 Å². The molecule has 3 aliphatic rings. The standard InChI is InChI=1S/C30H37N5O/c1-19(2)31-15-22-10-7-11-23-26(22)30(17-32-23)12-13-35(16-21-8-5-4-6-9-21)29(30)28-25-20(3)14-24(36)27(25)33-18-34-28/h4-11,18-20,24,29,31-32,36H,12-17H2,1-3H3/t20-,24-,29+,30?/m1/s1. The molecular weight excluding hydrogens is 446 g/mol. The van der Waals surface area contributed by atoms with Gasteiger partial charge in [-0.3, -0.25) is 4.90 Å². The SMILES string of the molecule is CC(C)NCc1cccc2c1C1(CCN(Cc3ccccc3)[C@H]1c1ncnc3c1[C@H](C)C[C@H]3O)CN2. The van der Waals surface area contributed by atoms with Gasteiger partial charge < -0.3 is 15.7 Å². The molecule has 2 aromatic carbocycles. The Morgan fingerprint density at radius 3 is 2.72 bits per heavy atom. The zero-order chi connectivity index (χ0) is 24.9. The van der Waals surface area contributed by atoms with Crippen LogP contribution in [0.5, 0.6) is 0 Å². The third-order valence-corrected chi connectivity index (χ3v) is 8.50. The Labute approximate surface area is 214 Å². The van der Waals surface area contributed by atoms with Crippen LogP contribution in [0.25, 0.3) is 0 Å². The molecule has 36 heavy (non-hydrogen) atoms. The van der Waals surface area contributed by atoms with Gasteiger partial charge in [-0.1, -0.05) is 63.2 Å². The number of anilines is 1. The van der Waals surface area contributed by atoms with E-state index in [1.165, 1.54) is 27.9 Å². The van der Waals surface area contributed by atoms with Gasteiger partial charge in [0.05, 0.1) is 23.5 Å². The number of aliphatic hydroxyl groups excluding tert-OH is 1. The maximum atomic E-state index is 10.8. The maximum Gasteiger partial charge on any atom is 0.116 e. The van der Waals surface area contributed by atoms with Gasteiger partial charge in [0, 0.05) is 48.9 Å². The lowest BCUT2D eigenvalue weighted by atomic mass is 9.71. The molecule has 0 bridgehead atoms. The summed E-state index contributed by atoms with van der Waals surface area (Å²) in [6, 6.07) is 18.0. The minimum Gasteiger partial charge on any atom is -0.387 e. The van der Waals surface area contributed by atoms with Gasteiger partial charge in [-0.2, -0.15) is 0 Å². The monoisotopic (exact) mass is 483 g/mol. The normalized spacial score (nSPS) is 27.0. The van der Waals surface area contributed by atoms with Crippen molar-refractivity contribution in [3.05, 3.63) is 88.5 Å². The summed E-state index contributed by atoms with van der Waals surface area (Å²) in [5, 5.41) is 18.2. The van der Waals surface area contributed by atoms with Crippen molar-refractivity contribution in [3.8, 4) is 0 Å². The third kappa shape index (κ3) is 3.83. The predicted molar refractivity (Wildman–Crippen MR) is 143 cm³/mol. The number of hydrogen-bond acceptors (Lipinski definition) is 6. The molecule has 0 saturated carbocycles. The van der Waals surface area contributed by atoms with E-state index in [9.17, 15) is 5.11 Å². The highest BCUT2D eigenvalue weighted by Crippen LogP contribution is 2.57. The lowest BCUT2D eigenvalue weighted by molar-refractivity contribution is 0.170. The first-order valence-corrected chi connectivity index (χ1v) is 13.4. The Morgan fingerprint density at radius 1 is 1.11 bits per heavy atom. The minimum absolute atomic E-state index is 0.0885. The van der Waals surface area contributed by atoms with Gasteiger partial charge in [0.15, 0.2) is 0 Å². The van der Waals surface area contributed by atoms with Crippen LogP contribution in [0, 0.1) is 0 Å². The van der Waals surface area contributed by atoms with Gasteiger partial charge in [-0.15, -0.1) is 0 Å². The third-order valence-electron chi connectivity index (χ3n) is 8.50. The molecule has 1 saturated heterocycles. The van der Waals surface area contributed by atoms with E-state index in [1.807, 2.05) is 0 Å². The molecule has 1 unspecified atom stereocenters. The van der Waals surface area contributed by atoms with Crippen molar-refractivity contribution in [1.29, 1.82) is 0 Å². The first-order chi connectivity index (χ1) is 17.5. The zero-order valence-electron chi connectivity index (χ0n) is 21.5. The van der Waals surface area contributed by atoms with Crippen LogP contribution >= 0.6 is 0 Å². The summed E-state index contributed by atoms with van der Waals surface area (Å²) in [6.07, 6.45) is 2.96. The van der Waals surface area contributed by atoms with E-state index in [-0.39, 0.29) is 17.4 Å².